The van der Waals surface area contributed by atoms with E-state index in [4.69, 9.17) is 20.2 Å². The lowest BCUT2D eigenvalue weighted by Crippen LogP contribution is -2.58. The molecule has 2 N–H and O–H groups in total. The fraction of sp³-hybridized carbons (Fsp3) is 0.478. The molecule has 3 aliphatic rings. The van der Waals surface area contributed by atoms with Crippen LogP contribution in [0.3, 0.4) is 0 Å². The van der Waals surface area contributed by atoms with Gasteiger partial charge in [-0.15, -0.1) is 0 Å². The topological polar surface area (TPSA) is 107 Å². The average Bonchev–Trinajstić information content (AvgIpc) is 3.15. The molecular formula is C23H27FN4O4S. The van der Waals surface area contributed by atoms with Crippen molar-refractivity contribution in [1.82, 2.24) is 9.29 Å². The number of ether oxygens (including phenoxy) is 2. The number of benzene rings is 1. The molecule has 3 atom stereocenters. The van der Waals surface area contributed by atoms with Crippen molar-refractivity contribution in [3.8, 4) is 16.9 Å². The molecule has 0 amide bonds. The highest BCUT2D eigenvalue weighted by Crippen LogP contribution is 2.51. The van der Waals surface area contributed by atoms with Crippen LogP contribution < -0.4 is 10.5 Å². The second kappa shape index (κ2) is 7.95. The molecule has 10 heteroatoms. The molecule has 0 radical (unpaired) electrons. The zero-order valence-corrected chi connectivity index (χ0v) is 19.4. The second-order valence-corrected chi connectivity index (χ2v) is 11.3. The van der Waals surface area contributed by atoms with Crippen molar-refractivity contribution in [1.29, 1.82) is 0 Å². The first kappa shape index (κ1) is 22.1. The van der Waals surface area contributed by atoms with Gasteiger partial charge < -0.3 is 15.2 Å². The number of rotatable bonds is 4. The Hall–Kier alpha value is -2.72. The largest absolute Gasteiger partial charge is 0.490 e. The minimum absolute atomic E-state index is 0.0189. The second-order valence-electron chi connectivity index (χ2n) is 9.30. The Kier molecular flexibility index (Phi) is 5.32. The third-order valence-electron chi connectivity index (χ3n) is 6.61. The fourth-order valence-electron chi connectivity index (χ4n) is 5.16. The third-order valence-corrected chi connectivity index (χ3v) is 8.81. The molecule has 0 aliphatic carbocycles. The summed E-state index contributed by atoms with van der Waals surface area (Å²) in [4.78, 5) is 8.45. The maximum atomic E-state index is 14.4. The van der Waals surface area contributed by atoms with E-state index >= 15 is 0 Å². The van der Waals surface area contributed by atoms with E-state index in [0.717, 1.165) is 0 Å². The molecule has 1 spiro atoms. The summed E-state index contributed by atoms with van der Waals surface area (Å²) in [5, 5.41) is 0. The van der Waals surface area contributed by atoms with Crippen molar-refractivity contribution in [2.75, 3.05) is 25.4 Å². The molecule has 1 aromatic heterocycles. The monoisotopic (exact) mass is 474 g/mol. The molecule has 1 fully saturated rings. The van der Waals surface area contributed by atoms with Gasteiger partial charge in [-0.05, 0) is 42.2 Å². The lowest BCUT2D eigenvalue weighted by atomic mass is 9.71. The number of aliphatic imine (C=N–C) groups is 1. The summed E-state index contributed by atoms with van der Waals surface area (Å²) in [6, 6.07) is 8.82. The highest BCUT2D eigenvalue weighted by atomic mass is 32.2. The van der Waals surface area contributed by atoms with Gasteiger partial charge in [0.25, 0.3) is 6.02 Å². The SMILES string of the molecule is CC(C)CS(=O)(=O)N1CC[C@H]2Oc3ccc(-c4cccnc4F)cc3C3(COC(N)=N3)[C@@H]2C1. The normalized spacial score (nSPS) is 27.0. The zero-order valence-electron chi connectivity index (χ0n) is 18.6. The number of nitrogens with two attached hydrogens (primary N) is 1. The number of hydrogen-bond donors (Lipinski definition) is 1. The van der Waals surface area contributed by atoms with Gasteiger partial charge >= 0.3 is 0 Å². The molecule has 0 saturated carbocycles. The van der Waals surface area contributed by atoms with E-state index in [0.29, 0.717) is 35.4 Å². The van der Waals surface area contributed by atoms with E-state index in [2.05, 4.69) is 4.98 Å². The van der Waals surface area contributed by atoms with Gasteiger partial charge in [-0.3, -0.25) is 0 Å². The third kappa shape index (κ3) is 3.74. The zero-order chi connectivity index (χ0) is 23.4. The number of amidine groups is 1. The van der Waals surface area contributed by atoms with E-state index in [1.807, 2.05) is 19.9 Å². The van der Waals surface area contributed by atoms with E-state index < -0.39 is 21.5 Å². The molecular weight excluding hydrogens is 447 g/mol. The van der Waals surface area contributed by atoms with Crippen molar-refractivity contribution in [2.24, 2.45) is 22.6 Å². The Labute approximate surface area is 192 Å². The van der Waals surface area contributed by atoms with Crippen LogP contribution in [0, 0.1) is 17.8 Å². The highest BCUT2D eigenvalue weighted by Gasteiger charge is 2.56. The van der Waals surface area contributed by atoms with Crippen molar-refractivity contribution < 1.29 is 22.3 Å². The number of hydrogen-bond acceptors (Lipinski definition) is 7. The van der Waals surface area contributed by atoms with Gasteiger partial charge in [0.05, 0.1) is 5.75 Å². The van der Waals surface area contributed by atoms with Crippen LogP contribution in [0.5, 0.6) is 5.75 Å². The van der Waals surface area contributed by atoms with E-state index in [1.165, 1.54) is 6.20 Å². The first-order valence-corrected chi connectivity index (χ1v) is 12.7. The Morgan fingerprint density at radius 2 is 2.15 bits per heavy atom. The summed E-state index contributed by atoms with van der Waals surface area (Å²) in [5.74, 6) is -0.136. The summed E-state index contributed by atoms with van der Waals surface area (Å²) in [5.41, 5.74) is 6.75. The van der Waals surface area contributed by atoms with Gasteiger partial charge in [0.15, 0.2) is 0 Å². The predicted octanol–water partition coefficient (Wildman–Crippen LogP) is 2.50. The molecule has 4 heterocycles. The standard InChI is InChI=1S/C23H27FN4O4S/c1-14(2)12-33(29,30)28-9-7-20-18(11-28)23(13-31-22(25)27-23)17-10-15(5-6-19(17)32-20)16-4-3-8-26-21(16)24/h3-6,8,10,14,18,20H,7,9,11-13H2,1-2H3,(H2,25,27)/t18-,20-,23?/m1/s1. The number of sulfonamides is 1. The maximum absolute atomic E-state index is 14.4. The number of fused-ring (bicyclic) bond motifs is 4. The molecule has 1 unspecified atom stereocenters. The molecule has 3 aliphatic heterocycles. The molecule has 1 saturated heterocycles. The molecule has 8 nitrogen and oxygen atoms in total. The number of nitrogens with zero attached hydrogens (tertiary/aromatic N) is 3. The predicted molar refractivity (Wildman–Crippen MR) is 122 cm³/mol. The molecule has 0 bridgehead atoms. The van der Waals surface area contributed by atoms with Crippen LogP contribution in [-0.2, 0) is 20.3 Å². The number of aromatic nitrogens is 1. The number of pyridine rings is 1. The van der Waals surface area contributed by atoms with Crippen LogP contribution in [-0.4, -0.2) is 55.3 Å². The number of halogens is 1. The van der Waals surface area contributed by atoms with Gasteiger partial charge in [0, 0.05) is 36.3 Å². The van der Waals surface area contributed by atoms with Crippen LogP contribution in [0.15, 0.2) is 41.5 Å². The Balaban J connectivity index is 1.59. The van der Waals surface area contributed by atoms with Crippen molar-refractivity contribution in [3.05, 3.63) is 48.0 Å². The lowest BCUT2D eigenvalue weighted by molar-refractivity contribution is -0.00350. The Morgan fingerprint density at radius 1 is 1.33 bits per heavy atom. The van der Waals surface area contributed by atoms with E-state index in [9.17, 15) is 12.8 Å². The minimum atomic E-state index is -3.43. The molecule has 33 heavy (non-hydrogen) atoms. The number of piperidine rings is 1. The first-order valence-electron chi connectivity index (χ1n) is 11.1. The van der Waals surface area contributed by atoms with Crippen LogP contribution >= 0.6 is 0 Å². The molecule has 5 rings (SSSR count). The van der Waals surface area contributed by atoms with Gasteiger partial charge in [0.1, 0.15) is 24.0 Å². The van der Waals surface area contributed by atoms with E-state index in [-0.39, 0.29) is 42.9 Å². The first-order chi connectivity index (χ1) is 15.7. The summed E-state index contributed by atoms with van der Waals surface area (Å²) < 4.78 is 53.9. The molecule has 1 aromatic carbocycles. The van der Waals surface area contributed by atoms with Gasteiger partial charge in [-0.2, -0.15) is 4.39 Å². The minimum Gasteiger partial charge on any atom is -0.490 e. The maximum Gasteiger partial charge on any atom is 0.283 e. The lowest BCUT2D eigenvalue weighted by Gasteiger charge is -2.48. The van der Waals surface area contributed by atoms with Crippen LogP contribution in [0.4, 0.5) is 4.39 Å². The van der Waals surface area contributed by atoms with Crippen molar-refractivity contribution in [2.45, 2.75) is 31.9 Å². The van der Waals surface area contributed by atoms with Gasteiger partial charge in [-0.1, -0.05) is 19.9 Å². The van der Waals surface area contributed by atoms with Crippen LogP contribution in [0.1, 0.15) is 25.8 Å². The smallest absolute Gasteiger partial charge is 0.283 e. The van der Waals surface area contributed by atoms with Crippen molar-refractivity contribution >= 4 is 16.0 Å². The summed E-state index contributed by atoms with van der Waals surface area (Å²) in [7, 11) is -3.43. The molecule has 176 valence electrons. The fourth-order valence-corrected chi connectivity index (χ4v) is 6.98. The highest BCUT2D eigenvalue weighted by molar-refractivity contribution is 7.89. The summed E-state index contributed by atoms with van der Waals surface area (Å²) in [6.07, 6.45) is 1.70. The van der Waals surface area contributed by atoms with Gasteiger partial charge in [0.2, 0.25) is 16.0 Å². The summed E-state index contributed by atoms with van der Waals surface area (Å²) >= 11 is 0. The summed E-state index contributed by atoms with van der Waals surface area (Å²) in [6.45, 7) is 4.60. The average molecular weight is 475 g/mol. The van der Waals surface area contributed by atoms with Gasteiger partial charge in [-0.25, -0.2) is 22.7 Å². The Bertz CT molecular complexity index is 1220. The Morgan fingerprint density at radius 3 is 2.85 bits per heavy atom. The quantitative estimate of drug-likeness (QED) is 0.683. The van der Waals surface area contributed by atoms with E-state index in [1.54, 1.807) is 28.6 Å². The van der Waals surface area contributed by atoms with Crippen LogP contribution in [0.2, 0.25) is 0 Å². The van der Waals surface area contributed by atoms with Crippen molar-refractivity contribution in [3.63, 3.8) is 0 Å². The molecule has 2 aromatic rings. The van der Waals surface area contributed by atoms with Crippen LogP contribution in [0.25, 0.3) is 11.1 Å².